The maximum Gasteiger partial charge on any atom is 0.0798 e. The van der Waals surface area contributed by atoms with Gasteiger partial charge in [-0.05, 0) is 20.3 Å². The zero-order valence-electron chi connectivity index (χ0n) is 8.95. The first-order chi connectivity index (χ1) is 6.69. The summed E-state index contributed by atoms with van der Waals surface area (Å²) in [4.78, 5) is 5.47. The van der Waals surface area contributed by atoms with Crippen LogP contribution in [0, 0.1) is 6.92 Å². The van der Waals surface area contributed by atoms with Crippen LogP contribution in [0.3, 0.4) is 0 Å². The van der Waals surface area contributed by atoms with E-state index in [0.29, 0.717) is 0 Å². The highest BCUT2D eigenvalue weighted by atomic mass is 32.1. The molecule has 0 saturated carbocycles. The Bertz CT molecular complexity index is 271. The molecule has 0 aliphatic heterocycles. The summed E-state index contributed by atoms with van der Waals surface area (Å²) in [6.07, 6.45) is 0.943. The van der Waals surface area contributed by atoms with Gasteiger partial charge in [-0.1, -0.05) is 6.92 Å². The van der Waals surface area contributed by atoms with E-state index in [4.69, 9.17) is 5.11 Å². The van der Waals surface area contributed by atoms with Gasteiger partial charge in [0.15, 0.2) is 0 Å². The van der Waals surface area contributed by atoms with Crippen LogP contribution in [0.1, 0.15) is 36.9 Å². The molecular weight excluding hydrogens is 196 g/mol. The minimum absolute atomic E-state index is 0.187. The SMILES string of the molecule is CC[C@H](CO)NC(C)c1scnc1C. The molecule has 0 aromatic carbocycles. The van der Waals surface area contributed by atoms with Crippen LogP contribution in [0.15, 0.2) is 5.51 Å². The largest absolute Gasteiger partial charge is 0.395 e. The standard InChI is InChI=1S/C10H18N2OS/c1-4-9(5-13)12-8(3)10-7(2)11-6-14-10/h6,8-9,12-13H,4-5H2,1-3H3/t8?,9-/m1/s1. The lowest BCUT2D eigenvalue weighted by Crippen LogP contribution is -2.33. The fourth-order valence-electron chi connectivity index (χ4n) is 1.46. The van der Waals surface area contributed by atoms with Gasteiger partial charge >= 0.3 is 0 Å². The zero-order chi connectivity index (χ0) is 10.6. The Morgan fingerprint density at radius 2 is 2.36 bits per heavy atom. The van der Waals surface area contributed by atoms with Crippen LogP contribution in [-0.2, 0) is 0 Å². The van der Waals surface area contributed by atoms with Gasteiger partial charge in [0.1, 0.15) is 0 Å². The lowest BCUT2D eigenvalue weighted by molar-refractivity contribution is 0.230. The summed E-state index contributed by atoms with van der Waals surface area (Å²) < 4.78 is 0. The molecule has 0 aliphatic rings. The van der Waals surface area contributed by atoms with E-state index in [-0.39, 0.29) is 18.7 Å². The highest BCUT2D eigenvalue weighted by molar-refractivity contribution is 7.09. The summed E-state index contributed by atoms with van der Waals surface area (Å²) in [5.41, 5.74) is 2.95. The first-order valence-corrected chi connectivity index (χ1v) is 5.83. The average Bonchev–Trinajstić information content (AvgIpc) is 2.60. The number of hydrogen-bond donors (Lipinski definition) is 2. The summed E-state index contributed by atoms with van der Waals surface area (Å²) in [5.74, 6) is 0. The second kappa shape index (κ2) is 5.44. The Morgan fingerprint density at radius 1 is 1.64 bits per heavy atom. The van der Waals surface area contributed by atoms with Crippen molar-refractivity contribution in [1.82, 2.24) is 10.3 Å². The number of aliphatic hydroxyl groups is 1. The van der Waals surface area contributed by atoms with Crippen LogP contribution in [0.25, 0.3) is 0 Å². The van der Waals surface area contributed by atoms with Crippen molar-refractivity contribution in [2.75, 3.05) is 6.61 Å². The minimum Gasteiger partial charge on any atom is -0.395 e. The van der Waals surface area contributed by atoms with Gasteiger partial charge < -0.3 is 10.4 Å². The minimum atomic E-state index is 0.187. The number of thiazole rings is 1. The first-order valence-electron chi connectivity index (χ1n) is 4.95. The molecule has 2 N–H and O–H groups in total. The molecule has 0 radical (unpaired) electrons. The lowest BCUT2D eigenvalue weighted by atomic mass is 10.2. The molecule has 1 aromatic heterocycles. The van der Waals surface area contributed by atoms with Gasteiger partial charge in [0.05, 0.1) is 17.8 Å². The van der Waals surface area contributed by atoms with E-state index in [1.54, 1.807) is 11.3 Å². The molecule has 14 heavy (non-hydrogen) atoms. The molecule has 3 nitrogen and oxygen atoms in total. The van der Waals surface area contributed by atoms with Crippen LogP contribution in [0.2, 0.25) is 0 Å². The third kappa shape index (κ3) is 2.77. The molecule has 1 rings (SSSR count). The monoisotopic (exact) mass is 214 g/mol. The fraction of sp³-hybridized carbons (Fsp3) is 0.700. The molecule has 80 valence electrons. The van der Waals surface area contributed by atoms with Crippen LogP contribution in [-0.4, -0.2) is 22.7 Å². The van der Waals surface area contributed by atoms with Crippen molar-refractivity contribution < 1.29 is 5.11 Å². The number of nitrogens with one attached hydrogen (secondary N) is 1. The average molecular weight is 214 g/mol. The summed E-state index contributed by atoms with van der Waals surface area (Å²) in [5, 5.41) is 12.4. The predicted molar refractivity (Wildman–Crippen MR) is 59.6 cm³/mol. The summed E-state index contributed by atoms with van der Waals surface area (Å²) in [7, 11) is 0. The number of rotatable bonds is 5. The molecule has 1 aromatic rings. The number of aryl methyl sites for hydroxylation is 1. The zero-order valence-corrected chi connectivity index (χ0v) is 9.77. The van der Waals surface area contributed by atoms with Gasteiger partial charge in [0.25, 0.3) is 0 Å². The van der Waals surface area contributed by atoms with Crippen molar-refractivity contribution in [3.05, 3.63) is 16.1 Å². The van der Waals surface area contributed by atoms with E-state index < -0.39 is 0 Å². The summed E-state index contributed by atoms with van der Waals surface area (Å²) in [6.45, 7) is 6.39. The molecule has 1 unspecified atom stereocenters. The number of aliphatic hydroxyl groups excluding tert-OH is 1. The number of aromatic nitrogens is 1. The smallest absolute Gasteiger partial charge is 0.0798 e. The summed E-state index contributed by atoms with van der Waals surface area (Å²) in [6, 6.07) is 0.464. The highest BCUT2D eigenvalue weighted by Gasteiger charge is 2.14. The maximum atomic E-state index is 9.07. The highest BCUT2D eigenvalue weighted by Crippen LogP contribution is 2.21. The molecule has 1 heterocycles. The number of nitrogens with zero attached hydrogens (tertiary/aromatic N) is 1. The third-order valence-electron chi connectivity index (χ3n) is 2.37. The molecule has 0 spiro atoms. The first kappa shape index (κ1) is 11.6. The van der Waals surface area contributed by atoms with Crippen molar-refractivity contribution in [1.29, 1.82) is 0 Å². The van der Waals surface area contributed by atoms with Gasteiger partial charge in [-0.15, -0.1) is 11.3 Å². The fourth-order valence-corrected chi connectivity index (χ4v) is 2.28. The van der Waals surface area contributed by atoms with Crippen molar-refractivity contribution in [2.45, 2.75) is 39.3 Å². The van der Waals surface area contributed by atoms with E-state index in [0.717, 1.165) is 12.1 Å². The molecule has 4 heteroatoms. The van der Waals surface area contributed by atoms with Crippen molar-refractivity contribution in [3.63, 3.8) is 0 Å². The van der Waals surface area contributed by atoms with E-state index in [2.05, 4.69) is 24.1 Å². The molecular formula is C10H18N2OS. The van der Waals surface area contributed by atoms with E-state index in [9.17, 15) is 0 Å². The second-order valence-electron chi connectivity index (χ2n) is 3.48. The second-order valence-corrected chi connectivity index (χ2v) is 4.36. The van der Waals surface area contributed by atoms with Crippen LogP contribution in [0.5, 0.6) is 0 Å². The molecule has 0 bridgehead atoms. The van der Waals surface area contributed by atoms with Crippen LogP contribution >= 0.6 is 11.3 Å². The molecule has 2 atom stereocenters. The van der Waals surface area contributed by atoms with Gasteiger partial charge in [-0.25, -0.2) is 4.98 Å². The molecule has 0 saturated heterocycles. The number of hydrogen-bond acceptors (Lipinski definition) is 4. The Morgan fingerprint density at radius 3 is 2.79 bits per heavy atom. The Labute approximate surface area is 89.2 Å². The normalized spacial score (nSPS) is 15.4. The van der Waals surface area contributed by atoms with Crippen molar-refractivity contribution in [3.8, 4) is 0 Å². The van der Waals surface area contributed by atoms with Gasteiger partial charge in [0, 0.05) is 17.0 Å². The quantitative estimate of drug-likeness (QED) is 0.786. The van der Waals surface area contributed by atoms with Gasteiger partial charge in [-0.2, -0.15) is 0 Å². The Kier molecular flexibility index (Phi) is 4.51. The van der Waals surface area contributed by atoms with Gasteiger partial charge in [-0.3, -0.25) is 0 Å². The van der Waals surface area contributed by atoms with E-state index >= 15 is 0 Å². The topological polar surface area (TPSA) is 45.1 Å². The lowest BCUT2D eigenvalue weighted by Gasteiger charge is -2.19. The molecule has 0 amide bonds. The molecule has 0 aliphatic carbocycles. The van der Waals surface area contributed by atoms with Gasteiger partial charge in [0.2, 0.25) is 0 Å². The van der Waals surface area contributed by atoms with Crippen molar-refractivity contribution in [2.24, 2.45) is 0 Å². The predicted octanol–water partition coefficient (Wildman–Crippen LogP) is 1.87. The van der Waals surface area contributed by atoms with E-state index in [1.165, 1.54) is 4.88 Å². The molecule has 0 fully saturated rings. The van der Waals surface area contributed by atoms with E-state index in [1.807, 2.05) is 12.4 Å². The third-order valence-corrected chi connectivity index (χ3v) is 3.49. The summed E-state index contributed by atoms with van der Waals surface area (Å²) >= 11 is 1.67. The Balaban J connectivity index is 2.58. The Hall–Kier alpha value is -0.450. The van der Waals surface area contributed by atoms with Crippen molar-refractivity contribution >= 4 is 11.3 Å². The maximum absolute atomic E-state index is 9.07. The van der Waals surface area contributed by atoms with Crippen LogP contribution < -0.4 is 5.32 Å². The van der Waals surface area contributed by atoms with Crippen LogP contribution in [0.4, 0.5) is 0 Å².